The summed E-state index contributed by atoms with van der Waals surface area (Å²) in [6.45, 7) is 3.37. The van der Waals surface area contributed by atoms with Crippen LogP contribution in [0, 0.1) is 0 Å². The third-order valence-electron chi connectivity index (χ3n) is 9.91. The van der Waals surface area contributed by atoms with E-state index < -0.39 is 74.2 Å². The smallest absolute Gasteiger partial charge is 0.249 e. The second-order valence-corrected chi connectivity index (χ2v) is 14.4. The number of nitrogens with one attached hydrogen (secondary N) is 1. The van der Waals surface area contributed by atoms with Crippen LogP contribution < -0.4 is 5.32 Å². The average molecular weight is 706 g/mol. The molecule has 9 unspecified atom stereocenters. The van der Waals surface area contributed by atoms with E-state index in [-0.39, 0.29) is 6.42 Å². The van der Waals surface area contributed by atoms with Crippen molar-refractivity contribution in [3.63, 3.8) is 0 Å². The van der Waals surface area contributed by atoms with Gasteiger partial charge in [-0.15, -0.1) is 0 Å². The van der Waals surface area contributed by atoms with E-state index in [2.05, 4.69) is 19.2 Å². The third kappa shape index (κ3) is 20.7. The van der Waals surface area contributed by atoms with E-state index in [1.54, 1.807) is 0 Å². The normalized spacial score (nSPS) is 23.7. The Morgan fingerprint density at radius 3 is 1.51 bits per heavy atom. The fourth-order valence-corrected chi connectivity index (χ4v) is 6.50. The van der Waals surface area contributed by atoms with Gasteiger partial charge in [-0.25, -0.2) is 0 Å². The quantitative estimate of drug-likeness (QED) is 0.0453. The van der Waals surface area contributed by atoms with Crippen molar-refractivity contribution in [2.45, 2.75) is 223 Å². The summed E-state index contributed by atoms with van der Waals surface area (Å²) in [6, 6.07) is -1.16. The van der Waals surface area contributed by atoms with Crippen LogP contribution in [0.1, 0.15) is 168 Å². The molecule has 1 fully saturated rings. The predicted octanol–water partition coefficient (Wildman–Crippen LogP) is 4.77. The molecule has 9 atom stereocenters. The van der Waals surface area contributed by atoms with Crippen molar-refractivity contribution >= 4 is 5.91 Å². The molecular weight excluding hydrogens is 630 g/mol. The minimum absolute atomic E-state index is 0.265. The summed E-state index contributed by atoms with van der Waals surface area (Å²) in [4.78, 5) is 13.0. The first-order valence-corrected chi connectivity index (χ1v) is 19.9. The van der Waals surface area contributed by atoms with E-state index in [0.29, 0.717) is 19.3 Å². The molecule has 0 aliphatic carbocycles. The number of aliphatic hydroxyl groups excluding tert-OH is 7. The maximum absolute atomic E-state index is 13.0. The van der Waals surface area contributed by atoms with Crippen LogP contribution in [0.15, 0.2) is 0 Å². The highest BCUT2D eigenvalue weighted by atomic mass is 16.7. The van der Waals surface area contributed by atoms with E-state index in [4.69, 9.17) is 9.47 Å². The van der Waals surface area contributed by atoms with Crippen LogP contribution in [0.4, 0.5) is 0 Å². The van der Waals surface area contributed by atoms with Gasteiger partial charge in [-0.05, 0) is 12.8 Å². The van der Waals surface area contributed by atoms with E-state index >= 15 is 0 Å². The molecule has 0 radical (unpaired) electrons. The lowest BCUT2D eigenvalue weighted by Crippen LogP contribution is -2.60. The third-order valence-corrected chi connectivity index (χ3v) is 9.91. The Morgan fingerprint density at radius 1 is 0.633 bits per heavy atom. The summed E-state index contributed by atoms with van der Waals surface area (Å²) in [6.07, 6.45) is 14.6. The summed E-state index contributed by atoms with van der Waals surface area (Å²) in [5.74, 6) is -0.699. The molecule has 0 saturated carbocycles. The topological polar surface area (TPSA) is 189 Å². The number of hydrogen-bond donors (Lipinski definition) is 8. The van der Waals surface area contributed by atoms with Crippen molar-refractivity contribution in [1.82, 2.24) is 5.32 Å². The van der Waals surface area contributed by atoms with Crippen LogP contribution >= 0.6 is 0 Å². The molecule has 8 N–H and O–H groups in total. The van der Waals surface area contributed by atoms with Crippen LogP contribution in [0.25, 0.3) is 0 Å². The molecule has 1 saturated heterocycles. The molecule has 0 aromatic rings. The largest absolute Gasteiger partial charge is 0.394 e. The summed E-state index contributed by atoms with van der Waals surface area (Å²) in [5.41, 5.74) is 0. The molecule has 1 amide bonds. The number of amides is 1. The zero-order valence-corrected chi connectivity index (χ0v) is 30.9. The second kappa shape index (κ2) is 29.7. The molecule has 0 bridgehead atoms. The van der Waals surface area contributed by atoms with E-state index in [1.807, 2.05) is 0 Å². The van der Waals surface area contributed by atoms with Gasteiger partial charge in [0.2, 0.25) is 5.91 Å². The molecule has 292 valence electrons. The van der Waals surface area contributed by atoms with Gasteiger partial charge in [0.05, 0.1) is 25.4 Å². The Labute approximate surface area is 297 Å². The van der Waals surface area contributed by atoms with Crippen molar-refractivity contribution in [2.75, 3.05) is 13.2 Å². The SMILES string of the molecule is CCCCCCCCCCCCCCCCC(O)C(=O)NC(COC1OC(CO)C(O)C(O)C1O)C(O)C(O)CCCCCCCCCC. The Kier molecular flexibility index (Phi) is 27.9. The Hall–Kier alpha value is -0.890. The maximum atomic E-state index is 13.0. The molecule has 1 rings (SSSR count). The molecule has 11 heteroatoms. The first-order valence-electron chi connectivity index (χ1n) is 19.9. The molecule has 11 nitrogen and oxygen atoms in total. The molecule has 0 aromatic heterocycles. The molecule has 1 heterocycles. The second-order valence-electron chi connectivity index (χ2n) is 14.4. The first-order chi connectivity index (χ1) is 23.7. The number of carbonyl (C=O) groups excluding carboxylic acids is 1. The Morgan fingerprint density at radius 2 is 1.06 bits per heavy atom. The van der Waals surface area contributed by atoms with Gasteiger partial charge in [-0.2, -0.15) is 0 Å². The van der Waals surface area contributed by atoms with Gasteiger partial charge in [-0.1, -0.05) is 155 Å². The van der Waals surface area contributed by atoms with Crippen molar-refractivity contribution in [2.24, 2.45) is 0 Å². The molecule has 1 aliphatic rings. The van der Waals surface area contributed by atoms with E-state index in [9.17, 15) is 40.5 Å². The summed E-state index contributed by atoms with van der Waals surface area (Å²) >= 11 is 0. The first kappa shape index (κ1) is 46.1. The maximum Gasteiger partial charge on any atom is 0.249 e. The van der Waals surface area contributed by atoms with Gasteiger partial charge in [0, 0.05) is 0 Å². The lowest BCUT2D eigenvalue weighted by Gasteiger charge is -2.40. The van der Waals surface area contributed by atoms with Gasteiger partial charge >= 0.3 is 0 Å². The van der Waals surface area contributed by atoms with Crippen LogP contribution in [0.5, 0.6) is 0 Å². The zero-order valence-electron chi connectivity index (χ0n) is 30.9. The van der Waals surface area contributed by atoms with Crippen molar-refractivity contribution < 1.29 is 50.0 Å². The average Bonchev–Trinajstić information content (AvgIpc) is 3.10. The summed E-state index contributed by atoms with van der Waals surface area (Å²) in [7, 11) is 0. The molecule has 0 spiro atoms. The Bertz CT molecular complexity index is 775. The number of carbonyl (C=O) groups is 1. The highest BCUT2D eigenvalue weighted by Crippen LogP contribution is 2.23. The number of unbranched alkanes of at least 4 members (excludes halogenated alkanes) is 20. The fourth-order valence-electron chi connectivity index (χ4n) is 6.50. The molecule has 0 aromatic carbocycles. The van der Waals surface area contributed by atoms with Gasteiger partial charge in [0.1, 0.15) is 36.6 Å². The van der Waals surface area contributed by atoms with Crippen LogP contribution in [-0.2, 0) is 14.3 Å². The van der Waals surface area contributed by atoms with E-state index in [0.717, 1.165) is 38.5 Å². The fraction of sp³-hybridized carbons (Fsp3) is 0.974. The number of rotatable bonds is 32. The highest BCUT2D eigenvalue weighted by molar-refractivity contribution is 5.80. The predicted molar refractivity (Wildman–Crippen MR) is 192 cm³/mol. The molecule has 1 aliphatic heterocycles. The zero-order chi connectivity index (χ0) is 36.3. The Balaban J connectivity index is 2.52. The molecular formula is C38H75NO10. The standard InChI is InChI=1S/C38H75NO10/c1-3-5-7-9-11-13-14-15-16-17-18-20-22-24-26-31(42)37(47)39-29(28-48-38-36(46)35(45)34(44)32(27-40)49-38)33(43)30(41)25-23-21-19-12-10-8-6-4-2/h29-36,38,40-46H,3-28H2,1-2H3,(H,39,47). The van der Waals surface area contributed by atoms with Crippen LogP contribution in [0.2, 0.25) is 0 Å². The summed E-state index contributed by atoms with van der Waals surface area (Å²) in [5, 5.41) is 75.1. The highest BCUT2D eigenvalue weighted by Gasteiger charge is 2.44. The lowest BCUT2D eigenvalue weighted by molar-refractivity contribution is -0.303. The monoisotopic (exact) mass is 706 g/mol. The van der Waals surface area contributed by atoms with Crippen LogP contribution in [0.3, 0.4) is 0 Å². The molecule has 49 heavy (non-hydrogen) atoms. The minimum Gasteiger partial charge on any atom is -0.394 e. The van der Waals surface area contributed by atoms with Crippen molar-refractivity contribution in [3.05, 3.63) is 0 Å². The van der Waals surface area contributed by atoms with Gasteiger partial charge in [-0.3, -0.25) is 4.79 Å². The van der Waals surface area contributed by atoms with E-state index in [1.165, 1.54) is 89.9 Å². The number of aliphatic hydroxyl groups is 7. The number of hydrogen-bond acceptors (Lipinski definition) is 10. The van der Waals surface area contributed by atoms with Gasteiger partial charge < -0.3 is 50.5 Å². The van der Waals surface area contributed by atoms with Crippen molar-refractivity contribution in [3.8, 4) is 0 Å². The van der Waals surface area contributed by atoms with Gasteiger partial charge in [0.15, 0.2) is 6.29 Å². The van der Waals surface area contributed by atoms with Crippen molar-refractivity contribution in [1.29, 1.82) is 0 Å². The number of ether oxygens (including phenoxy) is 2. The van der Waals surface area contributed by atoms with Crippen LogP contribution in [-0.4, -0.2) is 110 Å². The lowest BCUT2D eigenvalue weighted by atomic mass is 9.98. The minimum atomic E-state index is -1.65. The van der Waals surface area contributed by atoms with Gasteiger partial charge in [0.25, 0.3) is 0 Å². The summed E-state index contributed by atoms with van der Waals surface area (Å²) < 4.78 is 11.0.